The molecule has 2 aromatic rings. The highest BCUT2D eigenvalue weighted by atomic mass is 32.2. The molecule has 2 aromatic carbocycles. The van der Waals surface area contributed by atoms with Gasteiger partial charge in [0.15, 0.2) is 0 Å². The Bertz CT molecular complexity index is 894. The molecule has 0 saturated carbocycles. The highest BCUT2D eigenvalue weighted by Gasteiger charge is 2.36. The average molecular weight is 369 g/mol. The van der Waals surface area contributed by atoms with Crippen molar-refractivity contribution in [3.63, 3.8) is 0 Å². The third-order valence-corrected chi connectivity index (χ3v) is 4.55. The first-order chi connectivity index (χ1) is 12.5. The maximum Gasteiger partial charge on any atom is 0.277 e. The summed E-state index contributed by atoms with van der Waals surface area (Å²) in [5.74, 6) is -0.801. The monoisotopic (exact) mass is 369 g/mol. The second-order valence-electron chi connectivity index (χ2n) is 5.60. The summed E-state index contributed by atoms with van der Waals surface area (Å²) in [6, 6.07) is 15.9. The Morgan fingerprint density at radius 2 is 1.69 bits per heavy atom. The first-order valence-corrected chi connectivity index (χ1v) is 8.52. The van der Waals surface area contributed by atoms with Gasteiger partial charge in [-0.3, -0.25) is 24.6 Å². The minimum absolute atomic E-state index is 0.232. The Morgan fingerprint density at radius 3 is 2.31 bits per heavy atom. The first-order valence-electron chi connectivity index (χ1n) is 7.74. The van der Waals surface area contributed by atoms with Crippen LogP contribution in [0.1, 0.15) is 11.1 Å². The third-order valence-electron chi connectivity index (χ3n) is 3.92. The van der Waals surface area contributed by atoms with E-state index in [1.54, 1.807) is 24.3 Å². The standard InChI is InChI=1S/C18H15N3O4S/c1-20-17(22)15(13-7-9-14(10-8-13)26-21(24)25)16(18(20)23)19-11-12-5-3-2-4-6-12/h2-10,19H,11H2,1H3. The summed E-state index contributed by atoms with van der Waals surface area (Å²) in [7, 11) is 1.43. The summed E-state index contributed by atoms with van der Waals surface area (Å²) in [6.45, 7) is 0.405. The van der Waals surface area contributed by atoms with Crippen molar-refractivity contribution >= 4 is 29.3 Å². The Balaban J connectivity index is 1.91. The predicted octanol–water partition coefficient (Wildman–Crippen LogP) is 2.47. The molecule has 3 rings (SSSR count). The number of benzene rings is 2. The average Bonchev–Trinajstić information content (AvgIpc) is 2.85. The van der Waals surface area contributed by atoms with Gasteiger partial charge in [-0.25, -0.2) is 0 Å². The summed E-state index contributed by atoms with van der Waals surface area (Å²) >= 11 is 0.488. The van der Waals surface area contributed by atoms with E-state index in [9.17, 15) is 19.7 Å². The molecule has 0 fully saturated rings. The van der Waals surface area contributed by atoms with Gasteiger partial charge in [-0.2, -0.15) is 0 Å². The molecule has 1 heterocycles. The maximum atomic E-state index is 12.5. The summed E-state index contributed by atoms with van der Waals surface area (Å²) < 4.78 is -0.501. The van der Waals surface area contributed by atoms with Crippen LogP contribution in [0.3, 0.4) is 0 Å². The molecule has 1 N–H and O–H groups in total. The van der Waals surface area contributed by atoms with Crippen molar-refractivity contribution in [3.8, 4) is 0 Å². The van der Waals surface area contributed by atoms with Gasteiger partial charge in [0.1, 0.15) is 10.0 Å². The minimum atomic E-state index is -0.501. The lowest BCUT2D eigenvalue weighted by Gasteiger charge is -2.09. The van der Waals surface area contributed by atoms with Gasteiger partial charge in [-0.15, -0.1) is 0 Å². The van der Waals surface area contributed by atoms with Crippen molar-refractivity contribution in [1.82, 2.24) is 10.2 Å². The molecule has 8 heteroatoms. The molecule has 1 aliphatic heterocycles. The van der Waals surface area contributed by atoms with E-state index in [0.29, 0.717) is 29.0 Å². The van der Waals surface area contributed by atoms with E-state index in [2.05, 4.69) is 5.32 Å². The second kappa shape index (κ2) is 7.40. The molecule has 0 unspecified atom stereocenters. The van der Waals surface area contributed by atoms with Crippen LogP contribution in [0.25, 0.3) is 5.57 Å². The largest absolute Gasteiger partial charge is 0.376 e. The number of amides is 2. The lowest BCUT2D eigenvalue weighted by Crippen LogP contribution is -2.29. The first kappa shape index (κ1) is 17.7. The molecule has 0 bridgehead atoms. The molecule has 0 spiro atoms. The molecule has 0 atom stereocenters. The molecule has 132 valence electrons. The van der Waals surface area contributed by atoms with E-state index >= 15 is 0 Å². The lowest BCUT2D eigenvalue weighted by atomic mass is 10.0. The lowest BCUT2D eigenvalue weighted by molar-refractivity contribution is -0.284. The molecule has 0 saturated heterocycles. The van der Waals surface area contributed by atoms with E-state index in [4.69, 9.17) is 0 Å². The number of imide groups is 1. The number of hydrogen-bond acceptors (Lipinski definition) is 6. The van der Waals surface area contributed by atoms with Crippen molar-refractivity contribution < 1.29 is 13.9 Å². The predicted molar refractivity (Wildman–Crippen MR) is 97.3 cm³/mol. The van der Waals surface area contributed by atoms with E-state index in [-0.39, 0.29) is 11.3 Å². The van der Waals surface area contributed by atoms with Crippen molar-refractivity contribution in [1.29, 1.82) is 0 Å². The zero-order chi connectivity index (χ0) is 18.7. The zero-order valence-electron chi connectivity index (χ0n) is 13.8. The smallest absolute Gasteiger partial charge is 0.277 e. The zero-order valence-corrected chi connectivity index (χ0v) is 14.7. The van der Waals surface area contributed by atoms with Crippen molar-refractivity contribution in [3.05, 3.63) is 81.5 Å². The molecule has 0 aromatic heterocycles. The van der Waals surface area contributed by atoms with Crippen LogP contribution >= 0.6 is 11.9 Å². The molecule has 0 radical (unpaired) electrons. The van der Waals surface area contributed by atoms with E-state index in [1.165, 1.54) is 7.05 Å². The highest BCUT2D eigenvalue weighted by molar-refractivity contribution is 7.93. The minimum Gasteiger partial charge on any atom is -0.376 e. The number of likely N-dealkylation sites (N-methyl/N-ethyl adjacent to an activating group) is 1. The quantitative estimate of drug-likeness (QED) is 0.364. The second-order valence-corrected chi connectivity index (χ2v) is 6.55. The van der Waals surface area contributed by atoms with Gasteiger partial charge < -0.3 is 5.32 Å². The van der Waals surface area contributed by atoms with Crippen LogP contribution in [0.4, 0.5) is 0 Å². The number of nitrogens with zero attached hydrogens (tertiary/aromatic N) is 2. The number of carbonyl (C=O) groups is 2. The van der Waals surface area contributed by atoms with Crippen LogP contribution in [-0.2, 0) is 16.1 Å². The topological polar surface area (TPSA) is 92.6 Å². The molecule has 2 amide bonds. The summed E-state index contributed by atoms with van der Waals surface area (Å²) in [6.07, 6.45) is 0. The van der Waals surface area contributed by atoms with E-state index in [1.807, 2.05) is 30.3 Å². The molecule has 7 nitrogen and oxygen atoms in total. The van der Waals surface area contributed by atoms with Gasteiger partial charge >= 0.3 is 0 Å². The van der Waals surface area contributed by atoms with Gasteiger partial charge in [0.25, 0.3) is 23.8 Å². The van der Waals surface area contributed by atoms with Crippen molar-refractivity contribution in [2.45, 2.75) is 11.4 Å². The van der Waals surface area contributed by atoms with Crippen molar-refractivity contribution in [2.24, 2.45) is 0 Å². The highest BCUT2D eigenvalue weighted by Crippen LogP contribution is 2.29. The van der Waals surface area contributed by atoms with Gasteiger partial charge in [0.2, 0.25) is 0 Å². The fourth-order valence-electron chi connectivity index (χ4n) is 2.63. The molecule has 26 heavy (non-hydrogen) atoms. The van der Waals surface area contributed by atoms with Crippen LogP contribution in [0.15, 0.2) is 65.2 Å². The Morgan fingerprint density at radius 1 is 1.04 bits per heavy atom. The van der Waals surface area contributed by atoms with Crippen LogP contribution in [0.2, 0.25) is 0 Å². The van der Waals surface area contributed by atoms with Crippen molar-refractivity contribution in [2.75, 3.05) is 7.05 Å². The Labute approximate surface area is 154 Å². The van der Waals surface area contributed by atoms with Gasteiger partial charge in [-0.05, 0) is 23.3 Å². The van der Waals surface area contributed by atoms with E-state index in [0.717, 1.165) is 10.5 Å². The number of rotatable bonds is 6. The SMILES string of the molecule is CN1C(=O)C(NCc2ccccc2)=C(c2ccc(S[N+](=O)[O-])cc2)C1=O. The van der Waals surface area contributed by atoms with Crippen LogP contribution in [0.5, 0.6) is 0 Å². The fourth-order valence-corrected chi connectivity index (χ4v) is 3.06. The van der Waals surface area contributed by atoms with Gasteiger partial charge in [-0.1, -0.05) is 42.5 Å². The number of hydrogen-bond donors (Lipinski definition) is 1. The Hall–Kier alpha value is -3.13. The van der Waals surface area contributed by atoms with Gasteiger partial charge in [0.05, 0.1) is 10.5 Å². The Kier molecular flexibility index (Phi) is 5.04. The van der Waals surface area contributed by atoms with Crippen LogP contribution in [-0.4, -0.2) is 28.1 Å². The van der Waals surface area contributed by atoms with E-state index < -0.39 is 16.1 Å². The molecule has 0 aliphatic carbocycles. The summed E-state index contributed by atoms with van der Waals surface area (Å²) in [5, 5.41) is 13.6. The van der Waals surface area contributed by atoms with Crippen LogP contribution < -0.4 is 5.32 Å². The molecular formula is C18H15N3O4S. The molecular weight excluding hydrogens is 354 g/mol. The molecule has 1 aliphatic rings. The summed E-state index contributed by atoms with van der Waals surface area (Å²) in [4.78, 5) is 37.0. The number of nitrogens with one attached hydrogen (secondary N) is 1. The third kappa shape index (κ3) is 3.60. The maximum absolute atomic E-state index is 12.5. The number of carbonyl (C=O) groups excluding carboxylic acids is 2. The summed E-state index contributed by atoms with van der Waals surface area (Å²) in [5.41, 5.74) is 2.02. The fraction of sp³-hybridized carbons (Fsp3) is 0.111. The van der Waals surface area contributed by atoms with Crippen LogP contribution in [0, 0.1) is 10.1 Å². The number of nitro groups is 1. The normalized spacial score (nSPS) is 14.1. The van der Waals surface area contributed by atoms with Gasteiger partial charge in [0, 0.05) is 13.6 Å².